The van der Waals surface area contributed by atoms with Gasteiger partial charge in [-0.15, -0.1) is 0 Å². The first-order chi connectivity index (χ1) is 15.5. The summed E-state index contributed by atoms with van der Waals surface area (Å²) in [6.45, 7) is 2.72. The zero-order valence-electron chi connectivity index (χ0n) is 17.9. The van der Waals surface area contributed by atoms with Crippen LogP contribution in [0.25, 0.3) is 10.9 Å². The van der Waals surface area contributed by atoms with Crippen molar-refractivity contribution in [2.75, 3.05) is 26.2 Å². The molecule has 3 N–H and O–H groups in total. The molecule has 0 aliphatic carbocycles. The second kappa shape index (κ2) is 9.29. The van der Waals surface area contributed by atoms with Gasteiger partial charge in [-0.1, -0.05) is 18.2 Å². The van der Waals surface area contributed by atoms with Crippen LogP contribution in [0.5, 0.6) is 0 Å². The van der Waals surface area contributed by atoms with Gasteiger partial charge in [0.05, 0.1) is 6.61 Å². The molecule has 1 aromatic heterocycles. The van der Waals surface area contributed by atoms with E-state index in [2.05, 4.69) is 15.6 Å². The molecule has 0 saturated carbocycles. The number of carbonyl (C=O) groups excluding carboxylic acids is 4. The summed E-state index contributed by atoms with van der Waals surface area (Å²) in [5.74, 6) is -0.802. The predicted octanol–water partition coefficient (Wildman–Crippen LogP) is 1.37. The molecule has 10 heteroatoms. The number of H-pyrrole nitrogens is 1. The number of hydrogen-bond acceptors (Lipinski definition) is 5. The molecular weight excluding hydrogens is 414 g/mol. The summed E-state index contributed by atoms with van der Waals surface area (Å²) in [7, 11) is 0. The average Bonchev–Trinajstić information content (AvgIpc) is 3.31. The lowest BCUT2D eigenvalue weighted by Gasteiger charge is -2.31. The number of aromatic nitrogens is 1. The molecule has 0 bridgehead atoms. The van der Waals surface area contributed by atoms with E-state index in [9.17, 15) is 19.2 Å². The maximum atomic E-state index is 12.8. The molecule has 2 fully saturated rings. The second-order valence-corrected chi connectivity index (χ2v) is 8.02. The van der Waals surface area contributed by atoms with Crippen LogP contribution in [0, 0.1) is 0 Å². The third-order valence-electron chi connectivity index (χ3n) is 5.89. The maximum absolute atomic E-state index is 12.8. The number of likely N-dealkylation sites (tertiary alicyclic amines) is 1. The number of fused-ring (bicyclic) bond motifs is 1. The van der Waals surface area contributed by atoms with Gasteiger partial charge in [0, 0.05) is 42.7 Å². The number of aromatic amines is 1. The summed E-state index contributed by atoms with van der Waals surface area (Å²) in [4.78, 5) is 55.1. The van der Waals surface area contributed by atoms with E-state index in [1.165, 1.54) is 0 Å². The number of piperidine rings is 1. The van der Waals surface area contributed by atoms with Crippen molar-refractivity contribution in [1.29, 1.82) is 0 Å². The highest BCUT2D eigenvalue weighted by atomic mass is 16.6. The minimum atomic E-state index is -0.706. The third-order valence-corrected chi connectivity index (χ3v) is 5.89. The number of hydrogen-bond donors (Lipinski definition) is 3. The quantitative estimate of drug-likeness (QED) is 0.584. The summed E-state index contributed by atoms with van der Waals surface area (Å²) in [6, 6.07) is 6.36. The normalized spacial score (nSPS) is 19.3. The Kier molecular flexibility index (Phi) is 6.29. The highest BCUT2D eigenvalue weighted by Crippen LogP contribution is 2.21. The molecule has 2 aliphatic rings. The van der Waals surface area contributed by atoms with E-state index < -0.39 is 23.9 Å². The van der Waals surface area contributed by atoms with Crippen LogP contribution in [0.15, 0.2) is 30.5 Å². The van der Waals surface area contributed by atoms with Crippen molar-refractivity contribution in [1.82, 2.24) is 25.4 Å². The van der Waals surface area contributed by atoms with Crippen molar-refractivity contribution >= 4 is 34.8 Å². The Morgan fingerprint density at radius 1 is 1.19 bits per heavy atom. The Bertz CT molecular complexity index is 1030. The van der Waals surface area contributed by atoms with Crippen LogP contribution in [0.4, 0.5) is 9.59 Å². The van der Waals surface area contributed by atoms with Gasteiger partial charge in [0.25, 0.3) is 5.91 Å². The molecule has 0 unspecified atom stereocenters. The van der Waals surface area contributed by atoms with E-state index in [0.717, 1.165) is 21.4 Å². The Morgan fingerprint density at radius 3 is 2.69 bits per heavy atom. The SMILES string of the molecule is CCOC(=O)N1CCC(NC(=O)CN2C(=O)N[C@H](Cc3c[nH]c4ccccc34)C2=O)CC1. The van der Waals surface area contributed by atoms with Crippen LogP contribution >= 0.6 is 0 Å². The lowest BCUT2D eigenvalue weighted by molar-refractivity contribution is -0.132. The van der Waals surface area contributed by atoms with E-state index in [1.54, 1.807) is 11.8 Å². The van der Waals surface area contributed by atoms with Gasteiger partial charge in [-0.05, 0) is 31.4 Å². The van der Waals surface area contributed by atoms with Crippen molar-refractivity contribution in [2.45, 2.75) is 38.3 Å². The molecule has 170 valence electrons. The standard InChI is InChI=1S/C22H27N5O5/c1-2-32-22(31)26-9-7-15(8-10-26)24-19(28)13-27-20(29)18(25-21(27)30)11-14-12-23-17-6-4-3-5-16(14)17/h3-6,12,15,18,23H,2,7-11,13H2,1H3,(H,24,28)(H,25,30)/t18-/m1/s1. The molecule has 2 saturated heterocycles. The van der Waals surface area contributed by atoms with Gasteiger partial charge in [-0.3, -0.25) is 14.5 Å². The van der Waals surface area contributed by atoms with Crippen LogP contribution < -0.4 is 10.6 Å². The highest BCUT2D eigenvalue weighted by Gasteiger charge is 2.39. The Balaban J connectivity index is 1.29. The molecular formula is C22H27N5O5. The van der Waals surface area contributed by atoms with E-state index in [1.807, 2.05) is 30.5 Å². The monoisotopic (exact) mass is 441 g/mol. The molecule has 2 aliphatic heterocycles. The highest BCUT2D eigenvalue weighted by molar-refractivity contribution is 6.06. The summed E-state index contributed by atoms with van der Waals surface area (Å²) < 4.78 is 4.99. The van der Waals surface area contributed by atoms with Crippen LogP contribution in [0.3, 0.4) is 0 Å². The Labute approximate surface area is 185 Å². The van der Waals surface area contributed by atoms with Crippen molar-refractivity contribution in [3.8, 4) is 0 Å². The summed E-state index contributed by atoms with van der Waals surface area (Å²) in [5.41, 5.74) is 1.89. The molecule has 2 aromatic rings. The Hall–Kier alpha value is -3.56. The van der Waals surface area contributed by atoms with Crippen molar-refractivity contribution in [3.63, 3.8) is 0 Å². The minimum absolute atomic E-state index is 0.115. The van der Waals surface area contributed by atoms with E-state index in [-0.39, 0.29) is 18.7 Å². The topological polar surface area (TPSA) is 124 Å². The van der Waals surface area contributed by atoms with Crippen LogP contribution in [-0.4, -0.2) is 77.0 Å². The molecule has 4 rings (SSSR count). The van der Waals surface area contributed by atoms with Crippen molar-refractivity contribution < 1.29 is 23.9 Å². The largest absolute Gasteiger partial charge is 0.450 e. The van der Waals surface area contributed by atoms with Gasteiger partial charge in [-0.25, -0.2) is 9.59 Å². The fourth-order valence-electron chi connectivity index (χ4n) is 4.22. The molecule has 10 nitrogen and oxygen atoms in total. The van der Waals surface area contributed by atoms with Crippen LogP contribution in [0.2, 0.25) is 0 Å². The van der Waals surface area contributed by atoms with Gasteiger partial charge in [0.15, 0.2) is 0 Å². The number of rotatable bonds is 6. The van der Waals surface area contributed by atoms with Crippen molar-refractivity contribution in [2.24, 2.45) is 0 Å². The summed E-state index contributed by atoms with van der Waals surface area (Å²) in [5, 5.41) is 6.55. The lowest BCUT2D eigenvalue weighted by atomic mass is 10.0. The van der Waals surface area contributed by atoms with Crippen molar-refractivity contribution in [3.05, 3.63) is 36.0 Å². The molecule has 1 atom stereocenters. The number of nitrogens with one attached hydrogen (secondary N) is 3. The van der Waals surface area contributed by atoms with Gasteiger partial charge >= 0.3 is 12.1 Å². The zero-order chi connectivity index (χ0) is 22.7. The predicted molar refractivity (Wildman–Crippen MR) is 116 cm³/mol. The number of carbonyl (C=O) groups is 4. The molecule has 5 amide bonds. The lowest BCUT2D eigenvalue weighted by Crippen LogP contribution is -2.49. The van der Waals surface area contributed by atoms with E-state index >= 15 is 0 Å². The van der Waals surface area contributed by atoms with E-state index in [0.29, 0.717) is 39.0 Å². The number of urea groups is 1. The summed E-state index contributed by atoms with van der Waals surface area (Å²) in [6.07, 6.45) is 3.01. The second-order valence-electron chi connectivity index (χ2n) is 8.02. The smallest absolute Gasteiger partial charge is 0.409 e. The van der Waals surface area contributed by atoms with Gasteiger partial charge < -0.3 is 25.3 Å². The van der Waals surface area contributed by atoms with Gasteiger partial charge in [0.1, 0.15) is 12.6 Å². The fraction of sp³-hybridized carbons (Fsp3) is 0.455. The molecule has 0 spiro atoms. The zero-order valence-corrected chi connectivity index (χ0v) is 17.9. The third kappa shape index (κ3) is 4.53. The Morgan fingerprint density at radius 2 is 1.94 bits per heavy atom. The molecule has 1 aromatic carbocycles. The number of ether oxygens (including phenoxy) is 1. The minimum Gasteiger partial charge on any atom is -0.450 e. The number of nitrogens with zero attached hydrogens (tertiary/aromatic N) is 2. The van der Waals surface area contributed by atoms with Gasteiger partial charge in [-0.2, -0.15) is 0 Å². The molecule has 3 heterocycles. The number of amides is 5. The first-order valence-corrected chi connectivity index (χ1v) is 10.8. The molecule has 0 radical (unpaired) electrons. The first kappa shape index (κ1) is 21.7. The van der Waals surface area contributed by atoms with Crippen LogP contribution in [-0.2, 0) is 20.7 Å². The number of imide groups is 1. The fourth-order valence-corrected chi connectivity index (χ4v) is 4.22. The number of benzene rings is 1. The number of para-hydroxylation sites is 1. The average molecular weight is 441 g/mol. The van der Waals surface area contributed by atoms with Crippen LogP contribution in [0.1, 0.15) is 25.3 Å². The van der Waals surface area contributed by atoms with Gasteiger partial charge in [0.2, 0.25) is 5.91 Å². The van der Waals surface area contributed by atoms with E-state index in [4.69, 9.17) is 4.74 Å². The molecule has 32 heavy (non-hydrogen) atoms. The first-order valence-electron chi connectivity index (χ1n) is 10.8. The maximum Gasteiger partial charge on any atom is 0.409 e. The summed E-state index contributed by atoms with van der Waals surface area (Å²) >= 11 is 0.